The molecule has 112 valence electrons. The van der Waals surface area contributed by atoms with E-state index in [1.54, 1.807) is 7.11 Å². The van der Waals surface area contributed by atoms with Gasteiger partial charge in [-0.1, -0.05) is 6.92 Å². The molecule has 0 radical (unpaired) electrons. The molecule has 0 aliphatic carbocycles. The molecule has 0 spiro atoms. The minimum Gasteiger partial charge on any atom is -0.381 e. The molecule has 1 fully saturated rings. The first kappa shape index (κ1) is 15.7. The highest BCUT2D eigenvalue weighted by atomic mass is 79.9. The van der Waals surface area contributed by atoms with Crippen LogP contribution in [0.15, 0.2) is 16.7 Å². The van der Waals surface area contributed by atoms with Gasteiger partial charge in [0.15, 0.2) is 0 Å². The van der Waals surface area contributed by atoms with Gasteiger partial charge in [0.1, 0.15) is 5.82 Å². The number of halogens is 1. The third-order valence-electron chi connectivity index (χ3n) is 3.73. The van der Waals surface area contributed by atoms with E-state index in [2.05, 4.69) is 44.1 Å². The number of methoxy groups -OCH3 is 1. The van der Waals surface area contributed by atoms with E-state index in [0.29, 0.717) is 6.10 Å². The Bertz CT molecular complexity index is 420. The SMILES string of the molecule is CCCNCc1cc(Br)cnc1N1CCC(OC)CC1. The lowest BCUT2D eigenvalue weighted by Gasteiger charge is -2.33. The van der Waals surface area contributed by atoms with Crippen molar-refractivity contribution in [3.05, 3.63) is 22.3 Å². The molecule has 2 heterocycles. The molecule has 20 heavy (non-hydrogen) atoms. The first-order valence-corrected chi connectivity index (χ1v) is 8.16. The van der Waals surface area contributed by atoms with E-state index in [1.807, 2.05) is 6.20 Å². The van der Waals surface area contributed by atoms with Crippen molar-refractivity contribution in [1.29, 1.82) is 0 Å². The van der Waals surface area contributed by atoms with E-state index < -0.39 is 0 Å². The lowest BCUT2D eigenvalue weighted by atomic mass is 10.1. The van der Waals surface area contributed by atoms with Gasteiger partial charge >= 0.3 is 0 Å². The number of nitrogens with zero attached hydrogens (tertiary/aromatic N) is 2. The minimum atomic E-state index is 0.406. The van der Waals surface area contributed by atoms with Crippen molar-refractivity contribution >= 4 is 21.7 Å². The average Bonchev–Trinajstić information content (AvgIpc) is 2.48. The van der Waals surface area contributed by atoms with Crippen LogP contribution < -0.4 is 10.2 Å². The molecular weight excluding hydrogens is 318 g/mol. The number of pyridine rings is 1. The molecule has 1 aromatic rings. The zero-order valence-corrected chi connectivity index (χ0v) is 13.9. The normalized spacial score (nSPS) is 16.6. The molecule has 4 nitrogen and oxygen atoms in total. The number of hydrogen-bond donors (Lipinski definition) is 1. The molecule has 1 N–H and O–H groups in total. The maximum atomic E-state index is 5.44. The van der Waals surface area contributed by atoms with E-state index in [1.165, 1.54) is 5.56 Å². The molecule has 1 saturated heterocycles. The van der Waals surface area contributed by atoms with Gasteiger partial charge in [-0.05, 0) is 47.8 Å². The molecule has 0 amide bonds. The Kier molecular flexibility index (Phi) is 6.26. The predicted octanol–water partition coefficient (Wildman–Crippen LogP) is 2.96. The highest BCUT2D eigenvalue weighted by Gasteiger charge is 2.21. The number of nitrogens with one attached hydrogen (secondary N) is 1. The van der Waals surface area contributed by atoms with Crippen molar-refractivity contribution in [2.24, 2.45) is 0 Å². The van der Waals surface area contributed by atoms with Gasteiger partial charge in [-0.3, -0.25) is 0 Å². The number of rotatable bonds is 6. The molecule has 1 aliphatic heterocycles. The zero-order valence-electron chi connectivity index (χ0n) is 12.4. The van der Waals surface area contributed by atoms with Gasteiger partial charge in [0.05, 0.1) is 6.10 Å². The van der Waals surface area contributed by atoms with Gasteiger partial charge < -0.3 is 15.0 Å². The predicted molar refractivity (Wildman–Crippen MR) is 86.2 cm³/mol. The van der Waals surface area contributed by atoms with Gasteiger partial charge in [-0.15, -0.1) is 0 Å². The van der Waals surface area contributed by atoms with Crippen LogP contribution in [0.4, 0.5) is 5.82 Å². The fraction of sp³-hybridized carbons (Fsp3) is 0.667. The van der Waals surface area contributed by atoms with Crippen LogP contribution in [0.25, 0.3) is 0 Å². The minimum absolute atomic E-state index is 0.406. The van der Waals surface area contributed by atoms with E-state index in [0.717, 1.165) is 55.7 Å². The molecule has 0 saturated carbocycles. The summed E-state index contributed by atoms with van der Waals surface area (Å²) in [5.41, 5.74) is 1.27. The van der Waals surface area contributed by atoms with Gasteiger partial charge in [0, 0.05) is 43.0 Å². The summed E-state index contributed by atoms with van der Waals surface area (Å²) in [5, 5.41) is 3.47. The van der Waals surface area contributed by atoms with Crippen LogP contribution in [0.5, 0.6) is 0 Å². The van der Waals surface area contributed by atoms with E-state index in [-0.39, 0.29) is 0 Å². The van der Waals surface area contributed by atoms with Crippen molar-refractivity contribution in [2.75, 3.05) is 31.6 Å². The first-order valence-electron chi connectivity index (χ1n) is 7.37. The van der Waals surface area contributed by atoms with Crippen LogP contribution in [0.3, 0.4) is 0 Å². The summed E-state index contributed by atoms with van der Waals surface area (Å²) in [5.74, 6) is 1.12. The van der Waals surface area contributed by atoms with Crippen LogP contribution in [0.1, 0.15) is 31.7 Å². The molecule has 0 atom stereocenters. The standard InChI is InChI=1S/C15H24BrN3O/c1-3-6-17-10-12-9-13(16)11-18-15(12)19-7-4-14(20-2)5-8-19/h9,11,14,17H,3-8,10H2,1-2H3. The van der Waals surface area contributed by atoms with Gasteiger partial charge in [-0.25, -0.2) is 4.98 Å². The maximum Gasteiger partial charge on any atom is 0.133 e. The smallest absolute Gasteiger partial charge is 0.133 e. The van der Waals surface area contributed by atoms with Crippen LogP contribution in [0.2, 0.25) is 0 Å². The summed E-state index contributed by atoms with van der Waals surface area (Å²) in [4.78, 5) is 7.01. The molecule has 5 heteroatoms. The fourth-order valence-corrected chi connectivity index (χ4v) is 2.97. The van der Waals surface area contributed by atoms with E-state index in [4.69, 9.17) is 4.74 Å². The molecule has 0 unspecified atom stereocenters. The Morgan fingerprint density at radius 3 is 2.85 bits per heavy atom. The highest BCUT2D eigenvalue weighted by molar-refractivity contribution is 9.10. The number of piperidine rings is 1. The van der Waals surface area contributed by atoms with Crippen molar-refractivity contribution < 1.29 is 4.74 Å². The van der Waals surface area contributed by atoms with Crippen molar-refractivity contribution in [3.63, 3.8) is 0 Å². The summed E-state index contributed by atoms with van der Waals surface area (Å²) in [6, 6.07) is 2.17. The molecule has 0 aromatic carbocycles. The van der Waals surface area contributed by atoms with Crippen LogP contribution >= 0.6 is 15.9 Å². The Hall–Kier alpha value is -0.650. The molecule has 0 bridgehead atoms. The number of aromatic nitrogens is 1. The lowest BCUT2D eigenvalue weighted by Crippen LogP contribution is -2.38. The van der Waals surface area contributed by atoms with Gasteiger partial charge in [0.25, 0.3) is 0 Å². The topological polar surface area (TPSA) is 37.4 Å². The summed E-state index contributed by atoms with van der Waals surface area (Å²) in [7, 11) is 1.80. The Morgan fingerprint density at radius 1 is 1.45 bits per heavy atom. The van der Waals surface area contributed by atoms with Crippen LogP contribution in [0, 0.1) is 0 Å². The van der Waals surface area contributed by atoms with E-state index >= 15 is 0 Å². The third-order valence-corrected chi connectivity index (χ3v) is 4.16. The van der Waals surface area contributed by atoms with E-state index in [9.17, 15) is 0 Å². The van der Waals surface area contributed by atoms with Crippen molar-refractivity contribution in [2.45, 2.75) is 38.8 Å². The quantitative estimate of drug-likeness (QED) is 0.807. The van der Waals surface area contributed by atoms with Gasteiger partial charge in [0.2, 0.25) is 0 Å². The summed E-state index contributed by atoms with van der Waals surface area (Å²) in [6.07, 6.45) is 5.60. The molecule has 1 aromatic heterocycles. The second-order valence-electron chi connectivity index (χ2n) is 5.24. The Labute approximate surface area is 130 Å². The van der Waals surface area contributed by atoms with Gasteiger partial charge in [-0.2, -0.15) is 0 Å². The number of hydrogen-bond acceptors (Lipinski definition) is 4. The van der Waals surface area contributed by atoms with Crippen molar-refractivity contribution in [3.8, 4) is 0 Å². The fourth-order valence-electron chi connectivity index (χ4n) is 2.59. The second-order valence-corrected chi connectivity index (χ2v) is 6.15. The number of anilines is 1. The third kappa shape index (κ3) is 4.17. The Morgan fingerprint density at radius 2 is 2.20 bits per heavy atom. The zero-order chi connectivity index (χ0) is 14.4. The molecular formula is C15H24BrN3O. The maximum absolute atomic E-state index is 5.44. The monoisotopic (exact) mass is 341 g/mol. The summed E-state index contributed by atoms with van der Waals surface area (Å²) >= 11 is 3.52. The van der Waals surface area contributed by atoms with Crippen molar-refractivity contribution in [1.82, 2.24) is 10.3 Å². The average molecular weight is 342 g/mol. The van der Waals surface area contributed by atoms with Crippen LogP contribution in [-0.2, 0) is 11.3 Å². The number of ether oxygens (including phenoxy) is 1. The largest absolute Gasteiger partial charge is 0.381 e. The molecule has 1 aliphatic rings. The first-order chi connectivity index (χ1) is 9.74. The molecule has 2 rings (SSSR count). The highest BCUT2D eigenvalue weighted by Crippen LogP contribution is 2.25. The summed E-state index contributed by atoms with van der Waals surface area (Å²) in [6.45, 7) is 6.14. The second kappa shape index (κ2) is 7.96. The summed E-state index contributed by atoms with van der Waals surface area (Å²) < 4.78 is 6.48. The van der Waals surface area contributed by atoms with Crippen LogP contribution in [-0.4, -0.2) is 37.8 Å². The Balaban J connectivity index is 2.06. The lowest BCUT2D eigenvalue weighted by molar-refractivity contribution is 0.0817.